The molecule has 0 fully saturated rings. The first-order valence-electron chi connectivity index (χ1n) is 10.9. The molecule has 0 saturated carbocycles. The number of furan rings is 1. The second-order valence-corrected chi connectivity index (χ2v) is 8.15. The number of amides is 2. The van der Waals surface area contributed by atoms with Crippen LogP contribution >= 0.6 is 0 Å². The van der Waals surface area contributed by atoms with Crippen LogP contribution < -0.4 is 5.32 Å². The molecule has 0 atom stereocenters. The zero-order valence-electron chi connectivity index (χ0n) is 19.2. The van der Waals surface area contributed by atoms with Gasteiger partial charge in [0.05, 0.1) is 29.1 Å². The highest BCUT2D eigenvalue weighted by Gasteiger charge is 2.19. The van der Waals surface area contributed by atoms with Crippen molar-refractivity contribution in [1.29, 1.82) is 0 Å². The number of hydrogen-bond acceptors (Lipinski definition) is 6. The van der Waals surface area contributed by atoms with Gasteiger partial charge in [-0.15, -0.1) is 0 Å². The summed E-state index contributed by atoms with van der Waals surface area (Å²) >= 11 is 0. The predicted octanol–water partition coefficient (Wildman–Crippen LogP) is 4.09. The van der Waals surface area contributed by atoms with E-state index < -0.39 is 0 Å². The molecular weight excluding hydrogens is 444 g/mol. The van der Waals surface area contributed by atoms with Gasteiger partial charge in [-0.1, -0.05) is 6.07 Å². The molecule has 0 aliphatic carbocycles. The van der Waals surface area contributed by atoms with Gasteiger partial charge in [0.15, 0.2) is 5.65 Å². The number of carbonyl (C=O) groups is 2. The fourth-order valence-corrected chi connectivity index (χ4v) is 3.75. The smallest absolute Gasteiger partial charge is 0.256 e. The van der Waals surface area contributed by atoms with Gasteiger partial charge in [-0.25, -0.2) is 9.67 Å². The van der Waals surface area contributed by atoms with Gasteiger partial charge in [-0.05, 0) is 48.5 Å². The zero-order valence-corrected chi connectivity index (χ0v) is 19.2. The molecule has 1 N–H and O–H groups in total. The first-order valence-corrected chi connectivity index (χ1v) is 10.9. The lowest BCUT2D eigenvalue weighted by atomic mass is 10.1. The van der Waals surface area contributed by atoms with Crippen LogP contribution in [-0.2, 0) is 6.54 Å². The van der Waals surface area contributed by atoms with Crippen LogP contribution in [0.4, 0.5) is 5.69 Å². The third-order valence-electron chi connectivity index (χ3n) is 5.47. The molecule has 0 bridgehead atoms. The fourth-order valence-electron chi connectivity index (χ4n) is 3.75. The van der Waals surface area contributed by atoms with Crippen molar-refractivity contribution in [3.63, 3.8) is 0 Å². The summed E-state index contributed by atoms with van der Waals surface area (Å²) in [5, 5.41) is 7.97. The van der Waals surface area contributed by atoms with Crippen LogP contribution in [0.3, 0.4) is 0 Å². The Bertz CT molecular complexity index is 1510. The molecule has 9 heteroatoms. The molecule has 35 heavy (non-hydrogen) atoms. The summed E-state index contributed by atoms with van der Waals surface area (Å²) in [6.07, 6.45) is 6.60. The first kappa shape index (κ1) is 22.0. The number of aromatic nitrogens is 4. The molecule has 4 aromatic heterocycles. The number of benzene rings is 1. The molecular formula is C26H22N6O3. The van der Waals surface area contributed by atoms with E-state index in [1.54, 1.807) is 74.0 Å². The molecule has 1 aromatic carbocycles. The van der Waals surface area contributed by atoms with E-state index in [1.807, 2.05) is 24.3 Å². The SMILES string of the molecule is CN(C)C(=O)c1cccc(NC(=O)c2cc(-c3cccnc3)nc3c2cnn3Cc2ccco2)c1. The Morgan fingerprint density at radius 1 is 1.06 bits per heavy atom. The van der Waals surface area contributed by atoms with E-state index >= 15 is 0 Å². The predicted molar refractivity (Wildman–Crippen MR) is 131 cm³/mol. The Kier molecular flexibility index (Phi) is 5.80. The third kappa shape index (κ3) is 4.51. The second-order valence-electron chi connectivity index (χ2n) is 8.15. The molecule has 2 amide bonds. The van der Waals surface area contributed by atoms with Crippen LogP contribution in [0.25, 0.3) is 22.3 Å². The molecule has 5 rings (SSSR count). The second kappa shape index (κ2) is 9.22. The van der Waals surface area contributed by atoms with Gasteiger partial charge in [-0.2, -0.15) is 5.10 Å². The van der Waals surface area contributed by atoms with Crippen molar-refractivity contribution in [3.8, 4) is 11.3 Å². The summed E-state index contributed by atoms with van der Waals surface area (Å²) in [6.45, 7) is 0.371. The Labute approximate surface area is 201 Å². The van der Waals surface area contributed by atoms with Crippen LogP contribution in [0.5, 0.6) is 0 Å². The van der Waals surface area contributed by atoms with Crippen molar-refractivity contribution in [3.05, 3.63) is 96.3 Å². The number of hydrogen-bond donors (Lipinski definition) is 1. The van der Waals surface area contributed by atoms with E-state index in [0.717, 1.165) is 11.3 Å². The molecule has 5 aromatic rings. The highest BCUT2D eigenvalue weighted by molar-refractivity contribution is 6.13. The Morgan fingerprint density at radius 3 is 2.69 bits per heavy atom. The van der Waals surface area contributed by atoms with E-state index in [2.05, 4.69) is 15.4 Å². The fraction of sp³-hybridized carbons (Fsp3) is 0.115. The quantitative estimate of drug-likeness (QED) is 0.404. The Morgan fingerprint density at radius 2 is 1.94 bits per heavy atom. The van der Waals surface area contributed by atoms with Crippen LogP contribution in [0, 0.1) is 0 Å². The highest BCUT2D eigenvalue weighted by Crippen LogP contribution is 2.26. The average molecular weight is 467 g/mol. The molecule has 0 spiro atoms. The van der Waals surface area contributed by atoms with Gasteiger partial charge < -0.3 is 14.6 Å². The largest absolute Gasteiger partial charge is 0.467 e. The number of carbonyl (C=O) groups excluding carboxylic acids is 2. The van der Waals surface area contributed by atoms with Crippen molar-refractivity contribution in [2.45, 2.75) is 6.54 Å². The van der Waals surface area contributed by atoms with Gasteiger partial charge in [0, 0.05) is 43.3 Å². The van der Waals surface area contributed by atoms with Crippen LogP contribution in [0.2, 0.25) is 0 Å². The molecule has 0 aliphatic rings. The minimum Gasteiger partial charge on any atom is -0.467 e. The normalized spacial score (nSPS) is 10.9. The highest BCUT2D eigenvalue weighted by atomic mass is 16.3. The summed E-state index contributed by atoms with van der Waals surface area (Å²) in [6, 6.07) is 15.9. The molecule has 0 radical (unpaired) electrons. The van der Waals surface area contributed by atoms with Gasteiger partial charge in [0.2, 0.25) is 0 Å². The van der Waals surface area contributed by atoms with Gasteiger partial charge >= 0.3 is 0 Å². The molecule has 0 unspecified atom stereocenters. The molecule has 4 heterocycles. The van der Waals surface area contributed by atoms with Crippen molar-refractivity contribution in [2.24, 2.45) is 0 Å². The lowest BCUT2D eigenvalue weighted by molar-refractivity contribution is 0.0827. The average Bonchev–Trinajstić information content (AvgIpc) is 3.54. The first-order chi connectivity index (χ1) is 17.0. The minimum absolute atomic E-state index is 0.148. The lowest BCUT2D eigenvalue weighted by Crippen LogP contribution is -2.22. The number of pyridine rings is 2. The van der Waals surface area contributed by atoms with E-state index in [1.165, 1.54) is 4.90 Å². The molecule has 174 valence electrons. The maximum Gasteiger partial charge on any atom is 0.256 e. The van der Waals surface area contributed by atoms with Crippen LogP contribution in [0.1, 0.15) is 26.5 Å². The topological polar surface area (TPSA) is 106 Å². The van der Waals surface area contributed by atoms with Crippen molar-refractivity contribution in [1.82, 2.24) is 24.6 Å². The summed E-state index contributed by atoms with van der Waals surface area (Å²) in [4.78, 5) is 36.2. The number of rotatable bonds is 6. The number of anilines is 1. The molecule has 0 aliphatic heterocycles. The monoisotopic (exact) mass is 466 g/mol. The van der Waals surface area contributed by atoms with Crippen LogP contribution in [0.15, 0.2) is 83.9 Å². The van der Waals surface area contributed by atoms with Crippen molar-refractivity contribution < 1.29 is 14.0 Å². The minimum atomic E-state index is -0.338. The lowest BCUT2D eigenvalue weighted by Gasteiger charge is -2.12. The summed E-state index contributed by atoms with van der Waals surface area (Å²) in [5.74, 6) is 0.233. The summed E-state index contributed by atoms with van der Waals surface area (Å²) in [7, 11) is 3.36. The van der Waals surface area contributed by atoms with E-state index in [4.69, 9.17) is 9.40 Å². The number of fused-ring (bicyclic) bond motifs is 1. The van der Waals surface area contributed by atoms with Gasteiger partial charge in [-0.3, -0.25) is 14.6 Å². The Balaban J connectivity index is 1.56. The Hall–Kier alpha value is -4.79. The van der Waals surface area contributed by atoms with Crippen LogP contribution in [-0.4, -0.2) is 50.6 Å². The number of nitrogens with one attached hydrogen (secondary N) is 1. The van der Waals surface area contributed by atoms with E-state index in [9.17, 15) is 9.59 Å². The molecule has 9 nitrogen and oxygen atoms in total. The van der Waals surface area contributed by atoms with Crippen molar-refractivity contribution >= 4 is 28.5 Å². The van der Waals surface area contributed by atoms with Gasteiger partial charge in [0.25, 0.3) is 11.8 Å². The number of nitrogens with zero attached hydrogens (tertiary/aromatic N) is 5. The van der Waals surface area contributed by atoms with E-state index in [-0.39, 0.29) is 11.8 Å². The van der Waals surface area contributed by atoms with E-state index in [0.29, 0.717) is 40.1 Å². The van der Waals surface area contributed by atoms with Gasteiger partial charge in [0.1, 0.15) is 12.3 Å². The zero-order chi connectivity index (χ0) is 24.4. The summed E-state index contributed by atoms with van der Waals surface area (Å²) < 4.78 is 7.16. The maximum atomic E-state index is 13.4. The summed E-state index contributed by atoms with van der Waals surface area (Å²) in [5.41, 5.74) is 3.31. The van der Waals surface area contributed by atoms with Crippen molar-refractivity contribution in [2.75, 3.05) is 19.4 Å². The third-order valence-corrected chi connectivity index (χ3v) is 5.47. The standard InChI is InChI=1S/C26H22N6O3/c1-31(2)26(34)17-6-3-8-19(12-17)29-25(33)21-13-23(18-7-4-10-27-14-18)30-24-22(21)15-28-32(24)16-20-9-5-11-35-20/h3-15H,16H2,1-2H3,(H,29,33). The maximum absolute atomic E-state index is 13.4. The molecule has 0 saturated heterocycles.